The van der Waals surface area contributed by atoms with Gasteiger partial charge in [-0.1, -0.05) is 23.7 Å². The topological polar surface area (TPSA) is 42.1 Å². The molecular weight excluding hydrogens is 345 g/mol. The molecule has 1 aromatic heterocycles. The van der Waals surface area contributed by atoms with Crippen molar-refractivity contribution in [3.8, 4) is 0 Å². The number of para-hydroxylation sites is 1. The maximum atomic E-state index is 14.0. The Kier molecular flexibility index (Phi) is 5.34. The largest absolute Gasteiger partial charge is 0.330 e. The van der Waals surface area contributed by atoms with Crippen LogP contribution in [0.2, 0.25) is 5.02 Å². The van der Waals surface area contributed by atoms with Crippen LogP contribution in [-0.4, -0.2) is 18.1 Å². The minimum absolute atomic E-state index is 0.315. The molecule has 2 N–H and O–H groups in total. The van der Waals surface area contributed by atoms with Gasteiger partial charge in [-0.3, -0.25) is 0 Å². The minimum atomic E-state index is -0.315. The van der Waals surface area contributed by atoms with Crippen LogP contribution in [-0.2, 0) is 0 Å². The van der Waals surface area contributed by atoms with Crippen molar-refractivity contribution in [3.05, 3.63) is 51.8 Å². The fourth-order valence-corrected chi connectivity index (χ4v) is 2.60. The second-order valence-electron chi connectivity index (χ2n) is 4.20. The van der Waals surface area contributed by atoms with Gasteiger partial charge in [0, 0.05) is 17.2 Å². The molecular formula is C14H14BrClFN3. The molecule has 0 fully saturated rings. The fraction of sp³-hybridized carbons (Fsp3) is 0.214. The lowest BCUT2D eigenvalue weighted by atomic mass is 10.2. The number of nitrogens with two attached hydrogens (primary N) is 1. The number of rotatable bonds is 5. The van der Waals surface area contributed by atoms with Crippen LogP contribution in [0.25, 0.3) is 0 Å². The van der Waals surface area contributed by atoms with E-state index in [-0.39, 0.29) is 5.82 Å². The summed E-state index contributed by atoms with van der Waals surface area (Å²) in [7, 11) is 0. The second-order valence-corrected chi connectivity index (χ2v) is 5.53. The lowest BCUT2D eigenvalue weighted by Crippen LogP contribution is -2.23. The Hall–Kier alpha value is -1.17. The van der Waals surface area contributed by atoms with E-state index in [9.17, 15) is 4.39 Å². The molecule has 0 atom stereocenters. The molecule has 1 aromatic carbocycles. The summed E-state index contributed by atoms with van der Waals surface area (Å²) in [5, 5.41) is 0.458. The van der Waals surface area contributed by atoms with E-state index in [0.717, 1.165) is 4.47 Å². The Morgan fingerprint density at radius 3 is 2.75 bits per heavy atom. The Labute approximate surface area is 130 Å². The van der Waals surface area contributed by atoms with E-state index in [1.807, 2.05) is 0 Å². The van der Waals surface area contributed by atoms with E-state index in [1.165, 1.54) is 6.07 Å². The molecule has 0 radical (unpaired) electrons. The highest BCUT2D eigenvalue weighted by Gasteiger charge is 2.17. The lowest BCUT2D eigenvalue weighted by Gasteiger charge is -2.25. The maximum absolute atomic E-state index is 14.0. The average molecular weight is 359 g/mol. The summed E-state index contributed by atoms with van der Waals surface area (Å²) in [4.78, 5) is 6.04. The zero-order valence-electron chi connectivity index (χ0n) is 10.7. The molecule has 0 amide bonds. The van der Waals surface area contributed by atoms with Gasteiger partial charge in [0.2, 0.25) is 0 Å². The van der Waals surface area contributed by atoms with Crippen molar-refractivity contribution in [1.82, 2.24) is 4.98 Å². The van der Waals surface area contributed by atoms with Gasteiger partial charge >= 0.3 is 0 Å². The molecule has 0 saturated heterocycles. The number of anilines is 2. The number of pyridine rings is 1. The highest BCUT2D eigenvalue weighted by atomic mass is 79.9. The monoisotopic (exact) mass is 357 g/mol. The molecule has 2 rings (SSSR count). The van der Waals surface area contributed by atoms with E-state index in [0.29, 0.717) is 36.0 Å². The Bertz CT molecular complexity index is 594. The first kappa shape index (κ1) is 15.2. The SMILES string of the molecule is NCCCN(c1ccccc1F)c1ncc(Br)cc1Cl. The highest BCUT2D eigenvalue weighted by Crippen LogP contribution is 2.32. The van der Waals surface area contributed by atoms with Crippen LogP contribution in [0.15, 0.2) is 41.0 Å². The Balaban J connectivity index is 2.44. The van der Waals surface area contributed by atoms with Gasteiger partial charge in [0.05, 0.1) is 10.7 Å². The third-order valence-electron chi connectivity index (χ3n) is 2.77. The van der Waals surface area contributed by atoms with E-state index < -0.39 is 0 Å². The number of hydrogen-bond acceptors (Lipinski definition) is 3. The first-order valence-corrected chi connectivity index (χ1v) is 7.33. The van der Waals surface area contributed by atoms with Crippen LogP contribution in [0.4, 0.5) is 15.9 Å². The molecule has 2 aromatic rings. The van der Waals surface area contributed by atoms with E-state index >= 15 is 0 Å². The lowest BCUT2D eigenvalue weighted by molar-refractivity contribution is 0.623. The summed E-state index contributed by atoms with van der Waals surface area (Å²) in [6, 6.07) is 8.28. The quantitative estimate of drug-likeness (QED) is 0.874. The van der Waals surface area contributed by atoms with Crippen LogP contribution in [0.5, 0.6) is 0 Å². The van der Waals surface area contributed by atoms with Crippen LogP contribution >= 0.6 is 27.5 Å². The number of halogens is 3. The average Bonchev–Trinajstić information content (AvgIpc) is 2.42. The first-order chi connectivity index (χ1) is 9.63. The predicted octanol–water partition coefficient (Wildman–Crippen LogP) is 4.12. The zero-order chi connectivity index (χ0) is 14.5. The first-order valence-electron chi connectivity index (χ1n) is 6.16. The summed E-state index contributed by atoms with van der Waals surface area (Å²) in [5.74, 6) is 0.207. The van der Waals surface area contributed by atoms with Gasteiger partial charge in [0.15, 0.2) is 5.82 Å². The molecule has 6 heteroatoms. The van der Waals surface area contributed by atoms with Crippen LogP contribution in [0.1, 0.15) is 6.42 Å². The van der Waals surface area contributed by atoms with Gasteiger partial charge in [-0.15, -0.1) is 0 Å². The van der Waals surface area contributed by atoms with Crippen molar-refractivity contribution in [2.24, 2.45) is 5.73 Å². The molecule has 0 aliphatic heterocycles. The molecule has 0 spiro atoms. The molecule has 106 valence electrons. The molecule has 1 heterocycles. The Morgan fingerprint density at radius 1 is 1.35 bits per heavy atom. The van der Waals surface area contributed by atoms with Crippen molar-refractivity contribution in [3.63, 3.8) is 0 Å². The molecule has 3 nitrogen and oxygen atoms in total. The Morgan fingerprint density at radius 2 is 2.10 bits per heavy atom. The summed E-state index contributed by atoms with van der Waals surface area (Å²) >= 11 is 9.53. The van der Waals surface area contributed by atoms with Crippen LogP contribution in [0, 0.1) is 5.82 Å². The summed E-state index contributed by atoms with van der Waals surface area (Å²) in [6.07, 6.45) is 2.35. The number of benzene rings is 1. The number of nitrogens with zero attached hydrogens (tertiary/aromatic N) is 2. The number of hydrogen-bond donors (Lipinski definition) is 1. The van der Waals surface area contributed by atoms with Crippen molar-refractivity contribution in [2.75, 3.05) is 18.0 Å². The standard InChI is InChI=1S/C14H14BrClFN3/c15-10-8-11(16)14(19-9-10)20(7-3-6-18)13-5-2-1-4-12(13)17/h1-2,4-5,8-9H,3,6-7,18H2. The zero-order valence-corrected chi connectivity index (χ0v) is 13.0. The van der Waals surface area contributed by atoms with Crippen LogP contribution < -0.4 is 10.6 Å². The smallest absolute Gasteiger partial charge is 0.151 e. The summed E-state index contributed by atoms with van der Waals surface area (Å²) < 4.78 is 14.8. The van der Waals surface area contributed by atoms with Gasteiger partial charge in [0.1, 0.15) is 5.82 Å². The maximum Gasteiger partial charge on any atom is 0.151 e. The molecule has 20 heavy (non-hydrogen) atoms. The molecule has 0 saturated carbocycles. The fourth-order valence-electron chi connectivity index (χ4n) is 1.87. The molecule has 0 bridgehead atoms. The van der Waals surface area contributed by atoms with E-state index in [2.05, 4.69) is 20.9 Å². The van der Waals surface area contributed by atoms with Crippen molar-refractivity contribution in [2.45, 2.75) is 6.42 Å². The third-order valence-corrected chi connectivity index (χ3v) is 3.48. The summed E-state index contributed by atoms with van der Waals surface area (Å²) in [6.45, 7) is 1.06. The highest BCUT2D eigenvalue weighted by molar-refractivity contribution is 9.10. The normalized spacial score (nSPS) is 10.6. The molecule has 0 aliphatic carbocycles. The van der Waals surface area contributed by atoms with Gasteiger partial charge in [-0.05, 0) is 47.1 Å². The van der Waals surface area contributed by atoms with E-state index in [1.54, 1.807) is 35.4 Å². The molecule has 0 aliphatic rings. The summed E-state index contributed by atoms with van der Waals surface area (Å²) in [5.41, 5.74) is 5.99. The van der Waals surface area contributed by atoms with Gasteiger partial charge in [-0.2, -0.15) is 0 Å². The minimum Gasteiger partial charge on any atom is -0.330 e. The van der Waals surface area contributed by atoms with Gasteiger partial charge in [-0.25, -0.2) is 9.37 Å². The third kappa shape index (κ3) is 3.48. The van der Waals surface area contributed by atoms with Gasteiger partial charge < -0.3 is 10.6 Å². The van der Waals surface area contributed by atoms with Crippen molar-refractivity contribution < 1.29 is 4.39 Å². The van der Waals surface area contributed by atoms with Crippen molar-refractivity contribution in [1.29, 1.82) is 0 Å². The van der Waals surface area contributed by atoms with Gasteiger partial charge in [0.25, 0.3) is 0 Å². The predicted molar refractivity (Wildman–Crippen MR) is 84.0 cm³/mol. The second kappa shape index (κ2) is 7.02. The van der Waals surface area contributed by atoms with E-state index in [4.69, 9.17) is 17.3 Å². The van der Waals surface area contributed by atoms with Crippen molar-refractivity contribution >= 4 is 39.0 Å². The number of aromatic nitrogens is 1. The van der Waals surface area contributed by atoms with Crippen LogP contribution in [0.3, 0.4) is 0 Å². The molecule has 0 unspecified atom stereocenters.